The monoisotopic (exact) mass is 331 g/mol. The zero-order valence-electron chi connectivity index (χ0n) is 14.4. The van der Waals surface area contributed by atoms with E-state index in [1.54, 1.807) is 7.11 Å². The number of hydrogen-bond donors (Lipinski definition) is 1. The number of ether oxygens (including phenoxy) is 1. The molecule has 23 heavy (non-hydrogen) atoms. The van der Waals surface area contributed by atoms with Crippen molar-refractivity contribution < 1.29 is 4.74 Å². The molecule has 0 spiro atoms. The third-order valence-electron chi connectivity index (χ3n) is 4.22. The maximum Gasteiger partial charge on any atom is 0.122 e. The van der Waals surface area contributed by atoms with Gasteiger partial charge in [-0.05, 0) is 47.7 Å². The van der Waals surface area contributed by atoms with Crippen LogP contribution < -0.4 is 10.5 Å². The van der Waals surface area contributed by atoms with Crippen LogP contribution in [0.2, 0.25) is 5.02 Å². The summed E-state index contributed by atoms with van der Waals surface area (Å²) in [5, 5.41) is 0.710. The molecule has 0 radical (unpaired) electrons. The minimum Gasteiger partial charge on any atom is -0.496 e. The van der Waals surface area contributed by atoms with Gasteiger partial charge in [0.05, 0.1) is 7.11 Å². The van der Waals surface area contributed by atoms with Crippen molar-refractivity contribution in [1.82, 2.24) is 0 Å². The third-order valence-corrected chi connectivity index (χ3v) is 4.45. The molecule has 124 valence electrons. The second-order valence-corrected chi connectivity index (χ2v) is 7.41. The Morgan fingerprint density at radius 2 is 1.74 bits per heavy atom. The Morgan fingerprint density at radius 3 is 2.26 bits per heavy atom. The molecule has 0 aromatic heterocycles. The number of rotatable bonds is 5. The minimum absolute atomic E-state index is 0.169. The molecule has 0 aliphatic heterocycles. The molecule has 2 rings (SSSR count). The van der Waals surface area contributed by atoms with Crippen LogP contribution in [0.4, 0.5) is 0 Å². The zero-order chi connectivity index (χ0) is 17.0. The fourth-order valence-electron chi connectivity index (χ4n) is 2.77. The first-order valence-corrected chi connectivity index (χ1v) is 8.36. The molecule has 2 nitrogen and oxygen atoms in total. The van der Waals surface area contributed by atoms with Crippen molar-refractivity contribution in [2.45, 2.75) is 38.5 Å². The molecule has 0 saturated carbocycles. The second kappa shape index (κ2) is 7.37. The van der Waals surface area contributed by atoms with Crippen molar-refractivity contribution in [3.63, 3.8) is 0 Å². The van der Waals surface area contributed by atoms with Gasteiger partial charge in [0.2, 0.25) is 0 Å². The molecule has 0 fully saturated rings. The van der Waals surface area contributed by atoms with Crippen LogP contribution >= 0.6 is 11.6 Å². The fraction of sp³-hybridized carbons (Fsp3) is 0.400. The van der Waals surface area contributed by atoms with Crippen molar-refractivity contribution in [1.29, 1.82) is 0 Å². The molecule has 0 saturated heterocycles. The summed E-state index contributed by atoms with van der Waals surface area (Å²) in [6.45, 7) is 7.22. The quantitative estimate of drug-likeness (QED) is 0.843. The Bertz CT molecular complexity index is 644. The number of hydrogen-bond acceptors (Lipinski definition) is 2. The molecule has 0 heterocycles. The highest BCUT2D eigenvalue weighted by molar-refractivity contribution is 6.30. The third kappa shape index (κ3) is 4.49. The first kappa shape index (κ1) is 17.8. The van der Waals surface area contributed by atoms with Crippen LogP contribution in [0.25, 0.3) is 0 Å². The van der Waals surface area contributed by atoms with Crippen LogP contribution in [0, 0.1) is 0 Å². The van der Waals surface area contributed by atoms with Gasteiger partial charge < -0.3 is 10.5 Å². The maximum absolute atomic E-state index is 6.15. The van der Waals surface area contributed by atoms with E-state index < -0.39 is 0 Å². The Balaban J connectivity index is 2.25. The van der Waals surface area contributed by atoms with Crippen molar-refractivity contribution in [2.75, 3.05) is 13.7 Å². The summed E-state index contributed by atoms with van der Waals surface area (Å²) in [5.74, 6) is 1.03. The van der Waals surface area contributed by atoms with Crippen molar-refractivity contribution in [3.05, 3.63) is 64.2 Å². The van der Waals surface area contributed by atoms with Crippen LogP contribution in [0.3, 0.4) is 0 Å². The van der Waals surface area contributed by atoms with E-state index in [-0.39, 0.29) is 11.3 Å². The standard InChI is InChI=1S/C20H26ClNO/c1-20(2,3)16-7-5-14(6-8-16)11-15(13-22)18-12-17(21)9-10-19(18)23-4/h5-10,12,15H,11,13,22H2,1-4H3. The predicted octanol–water partition coefficient (Wildman–Crippen LogP) is 4.93. The SMILES string of the molecule is COc1ccc(Cl)cc1C(CN)Cc1ccc(C(C)(C)C)cc1. The van der Waals surface area contributed by atoms with Crippen LogP contribution in [-0.4, -0.2) is 13.7 Å². The molecule has 0 amide bonds. The first-order chi connectivity index (χ1) is 10.8. The highest BCUT2D eigenvalue weighted by Crippen LogP contribution is 2.32. The van der Waals surface area contributed by atoms with E-state index in [1.165, 1.54) is 11.1 Å². The largest absolute Gasteiger partial charge is 0.496 e. The van der Waals surface area contributed by atoms with E-state index in [0.717, 1.165) is 17.7 Å². The number of nitrogens with two attached hydrogens (primary N) is 1. The summed E-state index contributed by atoms with van der Waals surface area (Å²) >= 11 is 6.15. The molecule has 0 aliphatic carbocycles. The molecule has 3 heteroatoms. The molecule has 2 N–H and O–H groups in total. The molecule has 2 aromatic rings. The molecule has 0 aliphatic rings. The molecule has 1 atom stereocenters. The first-order valence-electron chi connectivity index (χ1n) is 7.98. The second-order valence-electron chi connectivity index (χ2n) is 6.97. The normalized spacial score (nSPS) is 13.0. The lowest BCUT2D eigenvalue weighted by molar-refractivity contribution is 0.405. The smallest absolute Gasteiger partial charge is 0.122 e. The van der Waals surface area contributed by atoms with Gasteiger partial charge in [-0.2, -0.15) is 0 Å². The number of halogens is 1. The highest BCUT2D eigenvalue weighted by atomic mass is 35.5. The lowest BCUT2D eigenvalue weighted by atomic mass is 9.85. The van der Waals surface area contributed by atoms with E-state index in [4.69, 9.17) is 22.1 Å². The van der Waals surface area contributed by atoms with Crippen molar-refractivity contribution in [3.8, 4) is 5.75 Å². The van der Waals surface area contributed by atoms with E-state index in [0.29, 0.717) is 11.6 Å². The molecule has 1 unspecified atom stereocenters. The Labute approximate surface area is 144 Å². The van der Waals surface area contributed by atoms with Gasteiger partial charge in [-0.15, -0.1) is 0 Å². The van der Waals surface area contributed by atoms with Crippen molar-refractivity contribution in [2.24, 2.45) is 5.73 Å². The van der Waals surface area contributed by atoms with Gasteiger partial charge in [-0.25, -0.2) is 0 Å². The zero-order valence-corrected chi connectivity index (χ0v) is 15.2. The Morgan fingerprint density at radius 1 is 1.09 bits per heavy atom. The molecule has 0 bridgehead atoms. The number of methoxy groups -OCH3 is 1. The van der Waals surface area contributed by atoms with Gasteiger partial charge in [-0.1, -0.05) is 56.6 Å². The van der Waals surface area contributed by atoms with Gasteiger partial charge in [0.25, 0.3) is 0 Å². The van der Waals surface area contributed by atoms with Crippen LogP contribution in [0.5, 0.6) is 5.75 Å². The van der Waals surface area contributed by atoms with E-state index in [1.807, 2.05) is 18.2 Å². The van der Waals surface area contributed by atoms with E-state index in [2.05, 4.69) is 45.0 Å². The summed E-state index contributed by atoms with van der Waals surface area (Å²) in [6, 6.07) is 14.5. The lowest BCUT2D eigenvalue weighted by Gasteiger charge is -2.21. The average Bonchev–Trinajstić information content (AvgIpc) is 2.52. The fourth-order valence-corrected chi connectivity index (χ4v) is 2.95. The summed E-state index contributed by atoms with van der Waals surface area (Å²) in [6.07, 6.45) is 0.873. The van der Waals surface area contributed by atoms with E-state index >= 15 is 0 Å². The van der Waals surface area contributed by atoms with Crippen molar-refractivity contribution >= 4 is 11.6 Å². The maximum atomic E-state index is 6.15. The topological polar surface area (TPSA) is 35.2 Å². The van der Waals surface area contributed by atoms with Gasteiger partial charge in [-0.3, -0.25) is 0 Å². The summed E-state index contributed by atoms with van der Waals surface area (Å²) in [4.78, 5) is 0. The van der Waals surface area contributed by atoms with Gasteiger partial charge >= 0.3 is 0 Å². The summed E-state index contributed by atoms with van der Waals surface area (Å²) in [7, 11) is 1.68. The van der Waals surface area contributed by atoms with Gasteiger partial charge in [0, 0.05) is 16.5 Å². The van der Waals surface area contributed by atoms with Crippen LogP contribution in [0.1, 0.15) is 43.4 Å². The molecular weight excluding hydrogens is 306 g/mol. The van der Waals surface area contributed by atoms with Crippen LogP contribution in [0.15, 0.2) is 42.5 Å². The highest BCUT2D eigenvalue weighted by Gasteiger charge is 2.17. The Kier molecular flexibility index (Phi) is 5.72. The summed E-state index contributed by atoms with van der Waals surface area (Å²) < 4.78 is 5.47. The van der Waals surface area contributed by atoms with Gasteiger partial charge in [0.15, 0.2) is 0 Å². The summed E-state index contributed by atoms with van der Waals surface area (Å²) in [5.41, 5.74) is 9.88. The predicted molar refractivity (Wildman–Crippen MR) is 98.6 cm³/mol. The average molecular weight is 332 g/mol. The lowest BCUT2D eigenvalue weighted by Crippen LogP contribution is -2.16. The van der Waals surface area contributed by atoms with Crippen LogP contribution in [-0.2, 0) is 11.8 Å². The minimum atomic E-state index is 0.169. The Hall–Kier alpha value is -1.51. The molecular formula is C20H26ClNO. The number of benzene rings is 2. The van der Waals surface area contributed by atoms with Gasteiger partial charge in [0.1, 0.15) is 5.75 Å². The molecule has 2 aromatic carbocycles. The van der Waals surface area contributed by atoms with E-state index in [9.17, 15) is 0 Å².